The van der Waals surface area contributed by atoms with Gasteiger partial charge in [-0.2, -0.15) is 0 Å². The summed E-state index contributed by atoms with van der Waals surface area (Å²) in [7, 11) is 2.16. The van der Waals surface area contributed by atoms with Gasteiger partial charge in [-0.25, -0.2) is 0 Å². The number of benzene rings is 1. The van der Waals surface area contributed by atoms with Gasteiger partial charge in [0.25, 0.3) is 0 Å². The molecule has 2 heterocycles. The van der Waals surface area contributed by atoms with Crippen LogP contribution in [0.4, 0.5) is 0 Å². The maximum Gasteiger partial charge on any atom is 0.338 e. The molecule has 0 unspecified atom stereocenters. The van der Waals surface area contributed by atoms with Crippen LogP contribution in [0.5, 0.6) is 0 Å². The summed E-state index contributed by atoms with van der Waals surface area (Å²) in [4.78, 5) is 122. The average molecular weight is 850 g/mol. The van der Waals surface area contributed by atoms with Crippen molar-refractivity contribution in [3.05, 3.63) is 36.0 Å². The quantitative estimate of drug-likeness (QED) is 0.0329. The van der Waals surface area contributed by atoms with E-state index in [1.165, 1.54) is 6.92 Å². The molecule has 0 saturated carbocycles. The summed E-state index contributed by atoms with van der Waals surface area (Å²) >= 11 is 0. The van der Waals surface area contributed by atoms with Crippen LogP contribution in [-0.4, -0.2) is 137 Å². The number of aromatic amines is 1. The summed E-state index contributed by atoms with van der Waals surface area (Å²) in [5.41, 5.74) is 18.0. The number of nitrogens with two attached hydrogens (primary N) is 3. The number of carbonyl (C=O) groups excluding carboxylic acids is 8. The molecule has 316 valence electrons. The number of guanidine groups is 1. The molecule has 2 aromatic rings. The number of aldehydes is 1. The number of para-hydroxylation sites is 1. The number of hydrogen-bond acceptors (Lipinski definition) is 12. The molecule has 6 atom stereocenters. The van der Waals surface area contributed by atoms with Crippen molar-refractivity contribution in [3.63, 3.8) is 0 Å². The van der Waals surface area contributed by atoms with Gasteiger partial charge in [0.05, 0.1) is 38.1 Å². The Hall–Kier alpha value is -5.88. The van der Waals surface area contributed by atoms with E-state index in [4.69, 9.17) is 17.2 Å². The largest absolute Gasteiger partial charge is 0.481 e. The lowest BCUT2D eigenvalue weighted by Gasteiger charge is -2.24. The highest BCUT2D eigenvalue weighted by molar-refractivity contribution is 8.76. The first-order valence-electron chi connectivity index (χ1n) is 18.0. The van der Waals surface area contributed by atoms with Gasteiger partial charge >= 0.3 is 11.9 Å². The van der Waals surface area contributed by atoms with E-state index in [1.54, 1.807) is 12.3 Å². The highest BCUT2D eigenvalue weighted by Crippen LogP contribution is 2.23. The number of carbonyl (C=O) groups is 9. The van der Waals surface area contributed by atoms with Gasteiger partial charge in [0.1, 0.15) is 30.5 Å². The van der Waals surface area contributed by atoms with Gasteiger partial charge in [-0.05, 0) is 31.4 Å². The van der Waals surface area contributed by atoms with Crippen LogP contribution < -0.4 is 59.4 Å². The molecule has 3 rings (SSSR count). The molecule has 0 bridgehead atoms. The number of carboxylic acid groups (broad SMARTS) is 1. The van der Waals surface area contributed by atoms with E-state index in [2.05, 4.69) is 47.2 Å². The molecule has 7 amide bonds. The second-order valence-electron chi connectivity index (χ2n) is 13.1. The Morgan fingerprint density at radius 1 is 0.897 bits per heavy atom. The Morgan fingerprint density at radius 2 is 1.53 bits per heavy atom. The summed E-state index contributed by atoms with van der Waals surface area (Å²) in [6, 6.07) is -0.357. The summed E-state index contributed by atoms with van der Waals surface area (Å²) in [6.45, 7) is 0.115. The summed E-state index contributed by atoms with van der Waals surface area (Å²) in [5.74, 6) is -7.60. The van der Waals surface area contributed by atoms with Crippen LogP contribution in [0.1, 0.15) is 31.7 Å². The van der Waals surface area contributed by atoms with Crippen LogP contribution in [-0.2, 0) is 49.6 Å². The second kappa shape index (κ2) is 23.4. The van der Waals surface area contributed by atoms with Gasteiger partial charge < -0.3 is 57.8 Å². The second-order valence-corrected chi connectivity index (χ2v) is 15.6. The minimum Gasteiger partial charge on any atom is -0.481 e. The number of aliphatic carboxylic acids is 1. The lowest BCUT2D eigenvalue weighted by atomic mass is 10.0. The van der Waals surface area contributed by atoms with Crippen molar-refractivity contribution in [3.8, 4) is 0 Å². The Morgan fingerprint density at radius 3 is 2.17 bits per heavy atom. The molecule has 24 heteroatoms. The third-order valence-corrected chi connectivity index (χ3v) is 10.8. The zero-order chi connectivity index (χ0) is 42.8. The van der Waals surface area contributed by atoms with Gasteiger partial charge in [0.2, 0.25) is 41.4 Å². The predicted molar refractivity (Wildman–Crippen MR) is 213 cm³/mol. The number of carboxylic acids is 1. The van der Waals surface area contributed by atoms with E-state index in [-0.39, 0.29) is 43.3 Å². The molecule has 1 fully saturated rings. The molecule has 0 spiro atoms. The maximum atomic E-state index is 13.6. The van der Waals surface area contributed by atoms with Crippen LogP contribution >= 0.6 is 21.6 Å². The molecule has 1 aliphatic heterocycles. The topological polar surface area (TPSA) is 366 Å². The average Bonchev–Trinajstić information content (AvgIpc) is 3.58. The molecule has 1 aromatic heterocycles. The van der Waals surface area contributed by atoms with Crippen LogP contribution in [0, 0.1) is 0 Å². The number of H-pyrrole nitrogens is 1. The summed E-state index contributed by atoms with van der Waals surface area (Å²) < 4.78 is 0. The molecule has 58 heavy (non-hydrogen) atoms. The zero-order valence-electron chi connectivity index (χ0n) is 31.5. The first kappa shape index (κ1) is 46.5. The summed E-state index contributed by atoms with van der Waals surface area (Å²) in [6.07, 6.45) is 1.44. The Bertz CT molecular complexity index is 1850. The smallest absolute Gasteiger partial charge is 0.338 e. The number of fused-ring (bicyclic) bond motifs is 1. The fraction of sp³-hybridized carbons (Fsp3) is 0.471. The minimum absolute atomic E-state index is 0.00932. The lowest BCUT2D eigenvalue weighted by Crippen LogP contribution is -2.78. The van der Waals surface area contributed by atoms with Crippen LogP contribution in [0.3, 0.4) is 0 Å². The Balaban J connectivity index is 1.92. The Kier molecular flexibility index (Phi) is 18.7. The van der Waals surface area contributed by atoms with Crippen molar-refractivity contribution in [2.75, 3.05) is 31.1 Å². The maximum absolute atomic E-state index is 13.6. The monoisotopic (exact) mass is 849 g/mol. The van der Waals surface area contributed by atoms with E-state index in [0.29, 0.717) is 11.8 Å². The number of amides is 7. The first-order chi connectivity index (χ1) is 27.6. The zero-order valence-corrected chi connectivity index (χ0v) is 33.1. The normalized spacial score (nSPS) is 22.8. The molecular weight excluding hydrogens is 801 g/mol. The molecule has 22 nitrogen and oxygen atoms in total. The SMILES string of the molecule is C[C@H](N)C(=O)N[C@H]1CSSC[C@@H](C=O)NC(=O)[C@H](Cc2c[nH]c3ccccc23)NC(=O)CNC(=O)[C@H](CC(=O)O)NC(=O)CNC(=O)[C@H](CCC[NH+]=C(N)N)NC1=O. The number of rotatable bonds is 11. The highest BCUT2D eigenvalue weighted by atomic mass is 33.1. The molecule has 16 N–H and O–H groups in total. The van der Waals surface area contributed by atoms with Crippen LogP contribution in [0.25, 0.3) is 10.9 Å². The predicted octanol–water partition coefficient (Wildman–Crippen LogP) is -6.08. The van der Waals surface area contributed by atoms with Gasteiger partial charge in [-0.1, -0.05) is 39.8 Å². The fourth-order valence-electron chi connectivity index (χ4n) is 5.39. The van der Waals surface area contributed by atoms with Crippen molar-refractivity contribution >= 4 is 92.1 Å². The van der Waals surface area contributed by atoms with Crippen molar-refractivity contribution in [2.45, 2.75) is 68.9 Å². The molecule has 1 aromatic carbocycles. The van der Waals surface area contributed by atoms with E-state index >= 15 is 0 Å². The Labute approximate surface area is 339 Å². The minimum atomic E-state index is -1.70. The molecule has 1 saturated heterocycles. The van der Waals surface area contributed by atoms with Crippen molar-refractivity contribution in [1.82, 2.24) is 42.2 Å². The van der Waals surface area contributed by atoms with Crippen LogP contribution in [0.15, 0.2) is 30.5 Å². The van der Waals surface area contributed by atoms with E-state index in [9.17, 15) is 48.3 Å². The number of hydrogen-bond donors (Lipinski definition) is 13. The van der Waals surface area contributed by atoms with Gasteiger partial charge in [-0.3, -0.25) is 54.8 Å². The summed E-state index contributed by atoms with van der Waals surface area (Å²) in [5, 5.41) is 27.2. The highest BCUT2D eigenvalue weighted by Gasteiger charge is 2.30. The first-order valence-corrected chi connectivity index (χ1v) is 20.5. The molecular formula is C34H49N12O10S2+. The van der Waals surface area contributed by atoms with Crippen molar-refractivity contribution in [2.24, 2.45) is 17.2 Å². The van der Waals surface area contributed by atoms with Gasteiger partial charge in [0, 0.05) is 35.0 Å². The van der Waals surface area contributed by atoms with E-state index in [1.807, 2.05) is 18.2 Å². The lowest BCUT2D eigenvalue weighted by molar-refractivity contribution is -0.459. The van der Waals surface area contributed by atoms with Crippen LogP contribution in [0.2, 0.25) is 0 Å². The fourth-order valence-corrected chi connectivity index (χ4v) is 7.68. The molecule has 0 radical (unpaired) electrons. The van der Waals surface area contributed by atoms with Crippen molar-refractivity contribution < 1.29 is 53.2 Å². The number of nitrogens with one attached hydrogen (secondary N) is 9. The third-order valence-electron chi connectivity index (χ3n) is 8.36. The van der Waals surface area contributed by atoms with Gasteiger partial charge in [0.15, 0.2) is 0 Å². The standard InChI is InChI=1S/C34H48N12O10S2/c1-17(35)29(52)46-25-16-58-57-15-19(14-47)42-32(55)23(9-18-11-39-21-6-3-2-5-20(18)21)43-26(48)13-41-31(54)24(10-28(50)51)44-27(49)12-40-30(53)22(45-33(25)56)7-4-8-38-34(36)37/h2-3,5-6,11,14,17,19,22-25,39H,4,7-10,12-13,15-16,35H2,1H3,(H,40,53)(H,41,54)(H,42,55)(H,43,48)(H,44,49)(H,45,56)(H,46,52)(H,50,51)(H4,36,37,38)/p+1/t17-,19+,22-,23-,24-,25-/m0/s1. The molecule has 0 aliphatic carbocycles. The van der Waals surface area contributed by atoms with E-state index < -0.39 is 103 Å². The van der Waals surface area contributed by atoms with Crippen molar-refractivity contribution in [1.29, 1.82) is 0 Å². The number of aromatic nitrogens is 1. The van der Waals surface area contributed by atoms with Gasteiger partial charge in [-0.15, -0.1) is 0 Å². The van der Waals surface area contributed by atoms with E-state index in [0.717, 1.165) is 32.5 Å². The molecule has 1 aliphatic rings. The third kappa shape index (κ3) is 15.6.